The van der Waals surface area contributed by atoms with Crippen molar-refractivity contribution >= 4 is 39.9 Å². The van der Waals surface area contributed by atoms with Crippen LogP contribution in [-0.4, -0.2) is 33.5 Å². The minimum Gasteiger partial charge on any atom is -0.358 e. The van der Waals surface area contributed by atoms with Gasteiger partial charge in [0.15, 0.2) is 0 Å². The highest BCUT2D eigenvalue weighted by molar-refractivity contribution is 8.23. The van der Waals surface area contributed by atoms with Crippen LogP contribution in [0.15, 0.2) is 24.3 Å². The SMILES string of the molecule is CCN(CC)C(=S)S[C@@H](C)C(=O)Nc1ccccc1C#N. The van der Waals surface area contributed by atoms with Crippen molar-refractivity contribution < 1.29 is 4.79 Å². The average Bonchev–Trinajstić information content (AvgIpc) is 2.48. The topological polar surface area (TPSA) is 56.1 Å². The summed E-state index contributed by atoms with van der Waals surface area (Å²) >= 11 is 6.70. The Balaban J connectivity index is 2.67. The van der Waals surface area contributed by atoms with Gasteiger partial charge in [-0.05, 0) is 32.9 Å². The van der Waals surface area contributed by atoms with Crippen LogP contribution >= 0.6 is 24.0 Å². The van der Waals surface area contributed by atoms with E-state index in [0.717, 1.165) is 17.4 Å². The minimum absolute atomic E-state index is 0.155. The third kappa shape index (κ3) is 5.03. The van der Waals surface area contributed by atoms with E-state index < -0.39 is 0 Å². The van der Waals surface area contributed by atoms with Crippen molar-refractivity contribution in [3.63, 3.8) is 0 Å². The van der Waals surface area contributed by atoms with Crippen LogP contribution < -0.4 is 5.32 Å². The van der Waals surface area contributed by atoms with Crippen LogP contribution in [0.25, 0.3) is 0 Å². The molecule has 1 atom stereocenters. The lowest BCUT2D eigenvalue weighted by molar-refractivity contribution is -0.115. The Bertz CT molecular complexity index is 550. The number of amides is 1. The Morgan fingerprint density at radius 3 is 2.62 bits per heavy atom. The van der Waals surface area contributed by atoms with E-state index in [-0.39, 0.29) is 11.2 Å². The monoisotopic (exact) mass is 321 g/mol. The summed E-state index contributed by atoms with van der Waals surface area (Å²) in [5.74, 6) is -0.155. The number of para-hydroxylation sites is 1. The molecule has 0 heterocycles. The molecule has 4 nitrogen and oxygen atoms in total. The Kier molecular flexibility index (Phi) is 7.20. The van der Waals surface area contributed by atoms with Crippen molar-refractivity contribution in [3.8, 4) is 6.07 Å². The summed E-state index contributed by atoms with van der Waals surface area (Å²) in [6, 6.07) is 9.01. The first kappa shape index (κ1) is 17.5. The van der Waals surface area contributed by atoms with Crippen LogP contribution in [0.1, 0.15) is 26.3 Å². The molecule has 1 amide bonds. The maximum absolute atomic E-state index is 12.2. The maximum atomic E-state index is 12.2. The molecular formula is C15H19N3OS2. The maximum Gasteiger partial charge on any atom is 0.237 e. The molecular weight excluding hydrogens is 302 g/mol. The summed E-state index contributed by atoms with van der Waals surface area (Å²) in [4.78, 5) is 14.2. The molecule has 0 aliphatic rings. The first-order valence-corrected chi connectivity index (χ1v) is 8.07. The molecule has 0 aliphatic carbocycles. The molecule has 0 saturated carbocycles. The quantitative estimate of drug-likeness (QED) is 0.844. The lowest BCUT2D eigenvalue weighted by atomic mass is 10.2. The van der Waals surface area contributed by atoms with Crippen LogP contribution in [-0.2, 0) is 4.79 Å². The van der Waals surface area contributed by atoms with Gasteiger partial charge in [0.05, 0.1) is 16.5 Å². The normalized spacial score (nSPS) is 11.3. The van der Waals surface area contributed by atoms with Gasteiger partial charge in [-0.1, -0.05) is 36.1 Å². The van der Waals surface area contributed by atoms with Gasteiger partial charge in [-0.15, -0.1) is 0 Å². The van der Waals surface area contributed by atoms with Gasteiger partial charge in [0.2, 0.25) is 5.91 Å². The summed E-state index contributed by atoms with van der Waals surface area (Å²) in [6.07, 6.45) is 0. The van der Waals surface area contributed by atoms with Gasteiger partial charge in [-0.2, -0.15) is 5.26 Å². The minimum atomic E-state index is -0.315. The van der Waals surface area contributed by atoms with Gasteiger partial charge in [0.1, 0.15) is 10.4 Å². The van der Waals surface area contributed by atoms with E-state index in [1.54, 1.807) is 24.3 Å². The lowest BCUT2D eigenvalue weighted by Gasteiger charge is -2.23. The number of thiocarbonyl (C=S) groups is 1. The van der Waals surface area contributed by atoms with Crippen LogP contribution in [0.4, 0.5) is 5.69 Å². The fraction of sp³-hybridized carbons (Fsp3) is 0.400. The molecule has 0 bridgehead atoms. The third-order valence-corrected chi connectivity index (χ3v) is 4.55. The van der Waals surface area contributed by atoms with Gasteiger partial charge in [-0.3, -0.25) is 4.79 Å². The fourth-order valence-corrected chi connectivity index (χ4v) is 3.25. The smallest absolute Gasteiger partial charge is 0.237 e. The van der Waals surface area contributed by atoms with Gasteiger partial charge < -0.3 is 10.2 Å². The van der Waals surface area contributed by atoms with E-state index in [1.807, 2.05) is 25.7 Å². The van der Waals surface area contributed by atoms with Crippen LogP contribution in [0.3, 0.4) is 0 Å². The summed E-state index contributed by atoms with van der Waals surface area (Å²) in [5.41, 5.74) is 0.987. The molecule has 1 aromatic carbocycles. The lowest BCUT2D eigenvalue weighted by Crippen LogP contribution is -2.31. The molecule has 112 valence electrons. The number of hydrogen-bond donors (Lipinski definition) is 1. The van der Waals surface area contributed by atoms with Gasteiger partial charge in [0, 0.05) is 13.1 Å². The highest BCUT2D eigenvalue weighted by Crippen LogP contribution is 2.19. The van der Waals surface area contributed by atoms with Crippen molar-refractivity contribution in [1.82, 2.24) is 4.90 Å². The Labute approximate surface area is 135 Å². The highest BCUT2D eigenvalue weighted by Gasteiger charge is 2.19. The van der Waals surface area contributed by atoms with E-state index in [1.165, 1.54) is 11.8 Å². The highest BCUT2D eigenvalue weighted by atomic mass is 32.2. The predicted molar refractivity (Wildman–Crippen MR) is 92.4 cm³/mol. The zero-order valence-electron chi connectivity index (χ0n) is 12.4. The molecule has 1 aromatic rings. The van der Waals surface area contributed by atoms with Gasteiger partial charge in [-0.25, -0.2) is 0 Å². The van der Waals surface area contributed by atoms with Crippen molar-refractivity contribution in [2.24, 2.45) is 0 Å². The Hall–Kier alpha value is -1.58. The largest absolute Gasteiger partial charge is 0.358 e. The number of anilines is 1. The van der Waals surface area contributed by atoms with Crippen molar-refractivity contribution in [2.75, 3.05) is 18.4 Å². The summed E-state index contributed by atoms with van der Waals surface area (Å²) < 4.78 is 0.719. The fourth-order valence-electron chi connectivity index (χ4n) is 1.69. The molecule has 0 aliphatic heterocycles. The number of thioether (sulfide) groups is 1. The molecule has 0 spiro atoms. The van der Waals surface area contributed by atoms with E-state index in [0.29, 0.717) is 11.3 Å². The van der Waals surface area contributed by atoms with E-state index in [2.05, 4.69) is 11.4 Å². The molecule has 21 heavy (non-hydrogen) atoms. The van der Waals surface area contributed by atoms with Crippen LogP contribution in [0, 0.1) is 11.3 Å². The zero-order chi connectivity index (χ0) is 15.8. The number of hydrogen-bond acceptors (Lipinski definition) is 4. The van der Waals surface area contributed by atoms with Gasteiger partial charge >= 0.3 is 0 Å². The Morgan fingerprint density at radius 2 is 2.05 bits per heavy atom. The molecule has 1 rings (SSSR count). The number of carbonyl (C=O) groups excluding carboxylic acids is 1. The number of nitrogens with zero attached hydrogens (tertiary/aromatic N) is 2. The third-order valence-electron chi connectivity index (χ3n) is 2.97. The Morgan fingerprint density at radius 1 is 1.43 bits per heavy atom. The second-order valence-corrected chi connectivity index (χ2v) is 6.32. The van der Waals surface area contributed by atoms with E-state index >= 15 is 0 Å². The zero-order valence-corrected chi connectivity index (χ0v) is 14.1. The number of nitrogens with one attached hydrogen (secondary N) is 1. The van der Waals surface area contributed by atoms with Crippen molar-refractivity contribution in [3.05, 3.63) is 29.8 Å². The molecule has 0 saturated heterocycles. The summed E-state index contributed by atoms with van der Waals surface area (Å²) in [5, 5.41) is 11.5. The average molecular weight is 321 g/mol. The number of carbonyl (C=O) groups is 1. The van der Waals surface area contributed by atoms with E-state index in [4.69, 9.17) is 17.5 Å². The van der Waals surface area contributed by atoms with Crippen molar-refractivity contribution in [2.45, 2.75) is 26.0 Å². The summed E-state index contributed by atoms with van der Waals surface area (Å²) in [7, 11) is 0. The second-order valence-electron chi connectivity index (χ2n) is 4.34. The first-order valence-electron chi connectivity index (χ1n) is 6.79. The molecule has 0 fully saturated rings. The van der Waals surface area contributed by atoms with Crippen LogP contribution in [0.5, 0.6) is 0 Å². The van der Waals surface area contributed by atoms with Crippen molar-refractivity contribution in [1.29, 1.82) is 5.26 Å². The van der Waals surface area contributed by atoms with Gasteiger partial charge in [0.25, 0.3) is 0 Å². The second kappa shape index (κ2) is 8.65. The molecule has 0 unspecified atom stereocenters. The number of benzene rings is 1. The summed E-state index contributed by atoms with van der Waals surface area (Å²) in [6.45, 7) is 7.53. The molecule has 1 N–H and O–H groups in total. The molecule has 0 aromatic heterocycles. The molecule has 6 heteroatoms. The van der Waals surface area contributed by atoms with Crippen LogP contribution in [0.2, 0.25) is 0 Å². The molecule has 0 radical (unpaired) electrons. The number of rotatable bonds is 5. The first-order chi connectivity index (χ1) is 10.0. The van der Waals surface area contributed by atoms with E-state index in [9.17, 15) is 4.79 Å². The predicted octanol–water partition coefficient (Wildman–Crippen LogP) is 3.25. The number of nitriles is 1. The standard InChI is InChI=1S/C15H19N3OS2/c1-4-18(5-2)15(20)21-11(3)14(19)17-13-9-7-6-8-12(13)10-16/h6-9,11H,4-5H2,1-3H3,(H,17,19)/t11-/m0/s1.